The normalized spacial score (nSPS) is 10.7. The van der Waals surface area contributed by atoms with Crippen LogP contribution in [-0.2, 0) is 4.79 Å². The first-order chi connectivity index (χ1) is 14.3. The Bertz CT molecular complexity index is 1130. The number of nitrogens with zero attached hydrogens (tertiary/aromatic N) is 2. The van der Waals surface area contributed by atoms with E-state index in [2.05, 4.69) is 15.8 Å². The van der Waals surface area contributed by atoms with Crippen molar-refractivity contribution in [1.29, 1.82) is 0 Å². The molecule has 2 amide bonds. The van der Waals surface area contributed by atoms with Crippen molar-refractivity contribution < 1.29 is 18.9 Å². The minimum absolute atomic E-state index is 0.0101. The fraction of sp³-hybridized carbons (Fsp3) is 0.0952. The van der Waals surface area contributed by atoms with Gasteiger partial charge in [-0.15, -0.1) is 0 Å². The molecular formula is C21H18N4O5. The number of furan rings is 1. The van der Waals surface area contributed by atoms with E-state index in [1.807, 2.05) is 0 Å². The number of benzene rings is 2. The maximum absolute atomic E-state index is 12.1. The van der Waals surface area contributed by atoms with Gasteiger partial charge in [-0.25, -0.2) is 5.43 Å². The lowest BCUT2D eigenvalue weighted by Crippen LogP contribution is -2.17. The fourth-order valence-corrected chi connectivity index (χ4v) is 2.66. The summed E-state index contributed by atoms with van der Waals surface area (Å²) in [6, 6.07) is 14.5. The number of nitro groups is 1. The van der Waals surface area contributed by atoms with Crippen molar-refractivity contribution >= 4 is 29.4 Å². The zero-order valence-electron chi connectivity index (χ0n) is 16.2. The van der Waals surface area contributed by atoms with Crippen molar-refractivity contribution in [3.63, 3.8) is 0 Å². The van der Waals surface area contributed by atoms with E-state index in [0.29, 0.717) is 33.9 Å². The topological polar surface area (TPSA) is 127 Å². The van der Waals surface area contributed by atoms with Crippen LogP contribution in [0.3, 0.4) is 0 Å². The van der Waals surface area contributed by atoms with Crippen molar-refractivity contribution in [3.05, 3.63) is 81.6 Å². The first-order valence-corrected chi connectivity index (χ1v) is 8.90. The SMILES string of the molecule is CC(=O)Nc1ccc(C(=O)NN=Cc2ccc(-c3ccc(C)c([N+](=O)[O-])c3)o2)cc1. The van der Waals surface area contributed by atoms with Gasteiger partial charge in [0.2, 0.25) is 5.91 Å². The standard InChI is InChI=1S/C21H18N4O5/c1-13-3-4-16(11-19(13)25(28)29)20-10-9-18(30-20)12-22-24-21(27)15-5-7-17(8-6-15)23-14(2)26/h3-12H,1-2H3,(H,23,26)(H,24,27). The lowest BCUT2D eigenvalue weighted by molar-refractivity contribution is -0.385. The summed E-state index contributed by atoms with van der Waals surface area (Å²) < 4.78 is 5.62. The Kier molecular flexibility index (Phi) is 6.02. The highest BCUT2D eigenvalue weighted by molar-refractivity contribution is 5.96. The number of hydrogen-bond acceptors (Lipinski definition) is 6. The van der Waals surface area contributed by atoms with E-state index in [1.54, 1.807) is 55.5 Å². The molecule has 0 aliphatic heterocycles. The summed E-state index contributed by atoms with van der Waals surface area (Å²) in [5.41, 5.74) is 4.47. The van der Waals surface area contributed by atoms with E-state index < -0.39 is 10.8 Å². The Morgan fingerprint density at radius 1 is 1.10 bits per heavy atom. The molecular weight excluding hydrogens is 388 g/mol. The zero-order valence-corrected chi connectivity index (χ0v) is 16.2. The molecule has 30 heavy (non-hydrogen) atoms. The largest absolute Gasteiger partial charge is 0.455 e. The molecule has 2 N–H and O–H groups in total. The van der Waals surface area contributed by atoms with Crippen molar-refractivity contribution in [3.8, 4) is 11.3 Å². The van der Waals surface area contributed by atoms with Crippen LogP contribution in [0.2, 0.25) is 0 Å². The van der Waals surface area contributed by atoms with E-state index in [-0.39, 0.29) is 11.6 Å². The number of nitrogens with one attached hydrogen (secondary N) is 2. The molecule has 9 nitrogen and oxygen atoms in total. The molecule has 0 fully saturated rings. The first-order valence-electron chi connectivity index (χ1n) is 8.90. The highest BCUT2D eigenvalue weighted by Gasteiger charge is 2.13. The molecule has 0 aliphatic carbocycles. The third-order valence-corrected chi connectivity index (χ3v) is 4.14. The molecule has 1 heterocycles. The van der Waals surface area contributed by atoms with Crippen LogP contribution < -0.4 is 10.7 Å². The molecule has 3 aromatic rings. The van der Waals surface area contributed by atoms with Crippen molar-refractivity contribution in [1.82, 2.24) is 5.43 Å². The smallest absolute Gasteiger partial charge is 0.273 e. The lowest BCUT2D eigenvalue weighted by atomic mass is 10.1. The Labute approximate surface area is 171 Å². The van der Waals surface area contributed by atoms with E-state index in [9.17, 15) is 19.7 Å². The summed E-state index contributed by atoms with van der Waals surface area (Å²) in [6.45, 7) is 3.06. The predicted octanol–water partition coefficient (Wildman–Crippen LogP) is 3.89. The third kappa shape index (κ3) is 4.96. The second-order valence-corrected chi connectivity index (χ2v) is 6.42. The van der Waals surface area contributed by atoms with Gasteiger partial charge in [-0.1, -0.05) is 12.1 Å². The minimum atomic E-state index is -0.442. The molecule has 0 bridgehead atoms. The number of nitro benzene ring substituents is 1. The van der Waals surface area contributed by atoms with Crippen LogP contribution in [0.5, 0.6) is 0 Å². The summed E-state index contributed by atoms with van der Waals surface area (Å²) in [7, 11) is 0. The average molecular weight is 406 g/mol. The number of rotatable bonds is 6. The molecule has 0 aliphatic rings. The van der Waals surface area contributed by atoms with Crippen LogP contribution in [0.25, 0.3) is 11.3 Å². The second kappa shape index (κ2) is 8.82. The maximum atomic E-state index is 12.1. The van der Waals surface area contributed by atoms with Gasteiger partial charge in [-0.3, -0.25) is 19.7 Å². The molecule has 0 saturated carbocycles. The number of anilines is 1. The molecule has 9 heteroatoms. The van der Waals surface area contributed by atoms with Gasteiger partial charge in [0.25, 0.3) is 11.6 Å². The van der Waals surface area contributed by atoms with Crippen LogP contribution in [0, 0.1) is 17.0 Å². The molecule has 0 atom stereocenters. The van der Waals surface area contributed by atoms with Crippen molar-refractivity contribution in [2.45, 2.75) is 13.8 Å². The van der Waals surface area contributed by atoms with Crippen molar-refractivity contribution in [2.24, 2.45) is 5.10 Å². The molecule has 0 unspecified atom stereocenters. The molecule has 0 saturated heterocycles. The summed E-state index contributed by atoms with van der Waals surface area (Å²) in [5, 5.41) is 17.6. The van der Waals surface area contributed by atoms with Crippen LogP contribution in [0.15, 0.2) is 64.1 Å². The molecule has 152 valence electrons. The van der Waals surface area contributed by atoms with Crippen LogP contribution in [0.4, 0.5) is 11.4 Å². The lowest BCUT2D eigenvalue weighted by Gasteiger charge is -2.03. The Morgan fingerprint density at radius 3 is 2.50 bits per heavy atom. The maximum Gasteiger partial charge on any atom is 0.273 e. The average Bonchev–Trinajstić information content (AvgIpc) is 3.17. The monoisotopic (exact) mass is 406 g/mol. The number of amides is 2. The van der Waals surface area contributed by atoms with E-state index in [1.165, 1.54) is 19.2 Å². The molecule has 0 spiro atoms. The van der Waals surface area contributed by atoms with Gasteiger partial charge in [0.05, 0.1) is 11.1 Å². The van der Waals surface area contributed by atoms with Crippen LogP contribution >= 0.6 is 0 Å². The van der Waals surface area contributed by atoms with E-state index >= 15 is 0 Å². The number of carbonyl (C=O) groups is 2. The fourth-order valence-electron chi connectivity index (χ4n) is 2.66. The van der Waals surface area contributed by atoms with Gasteiger partial charge >= 0.3 is 0 Å². The Balaban J connectivity index is 1.64. The highest BCUT2D eigenvalue weighted by Crippen LogP contribution is 2.27. The first kappa shape index (κ1) is 20.5. The number of hydrazone groups is 1. The predicted molar refractivity (Wildman–Crippen MR) is 111 cm³/mol. The molecule has 1 aromatic heterocycles. The Morgan fingerprint density at radius 2 is 1.83 bits per heavy atom. The second-order valence-electron chi connectivity index (χ2n) is 6.42. The molecule has 0 radical (unpaired) electrons. The van der Waals surface area contributed by atoms with Crippen LogP contribution in [0.1, 0.15) is 28.6 Å². The minimum Gasteiger partial charge on any atom is -0.455 e. The number of carbonyl (C=O) groups excluding carboxylic acids is 2. The summed E-state index contributed by atoms with van der Waals surface area (Å²) >= 11 is 0. The number of aryl methyl sites for hydroxylation is 1. The molecule has 3 rings (SSSR count). The van der Waals surface area contributed by atoms with E-state index in [4.69, 9.17) is 4.42 Å². The molecule has 2 aromatic carbocycles. The van der Waals surface area contributed by atoms with Gasteiger partial charge in [-0.05, 0) is 43.3 Å². The summed E-state index contributed by atoms with van der Waals surface area (Å²) in [5.74, 6) is 0.186. The third-order valence-electron chi connectivity index (χ3n) is 4.14. The van der Waals surface area contributed by atoms with Crippen LogP contribution in [-0.4, -0.2) is 23.0 Å². The van der Waals surface area contributed by atoms with Gasteiger partial charge < -0.3 is 9.73 Å². The quantitative estimate of drug-likeness (QED) is 0.365. The van der Waals surface area contributed by atoms with Gasteiger partial charge in [0.15, 0.2) is 0 Å². The van der Waals surface area contributed by atoms with Crippen molar-refractivity contribution in [2.75, 3.05) is 5.32 Å². The van der Waals surface area contributed by atoms with Gasteiger partial charge in [0, 0.05) is 35.4 Å². The van der Waals surface area contributed by atoms with Gasteiger partial charge in [0.1, 0.15) is 11.5 Å². The number of hydrogen-bond donors (Lipinski definition) is 2. The highest BCUT2D eigenvalue weighted by atomic mass is 16.6. The summed E-state index contributed by atoms with van der Waals surface area (Å²) in [6.07, 6.45) is 1.33. The van der Waals surface area contributed by atoms with E-state index in [0.717, 1.165) is 0 Å². The zero-order chi connectivity index (χ0) is 21.7. The summed E-state index contributed by atoms with van der Waals surface area (Å²) in [4.78, 5) is 33.8. The Hall–Kier alpha value is -4.27. The van der Waals surface area contributed by atoms with Gasteiger partial charge in [-0.2, -0.15) is 5.10 Å².